The molecule has 2 fully saturated rings. The molecule has 2 aliphatic carbocycles. The maximum Gasteiger partial charge on any atom is 0.0458 e. The third-order valence-corrected chi connectivity index (χ3v) is 6.59. The highest BCUT2D eigenvalue weighted by Gasteiger charge is 2.54. The van der Waals surface area contributed by atoms with Gasteiger partial charge in [0.25, 0.3) is 0 Å². The Hall–Kier alpha value is 0.140. The zero-order valence-corrected chi connectivity index (χ0v) is 12.9. The van der Waals surface area contributed by atoms with Crippen molar-refractivity contribution in [1.29, 1.82) is 0 Å². The van der Waals surface area contributed by atoms with Crippen molar-refractivity contribution in [3.05, 3.63) is 20.3 Å². The van der Waals surface area contributed by atoms with Gasteiger partial charge in [0.1, 0.15) is 0 Å². The quantitative estimate of drug-likeness (QED) is 0.865. The lowest BCUT2D eigenvalue weighted by Gasteiger charge is -2.15. The van der Waals surface area contributed by atoms with E-state index >= 15 is 0 Å². The number of nitrogens with one attached hydrogen (secondary N) is 1. The van der Waals surface area contributed by atoms with E-state index in [1.165, 1.54) is 39.9 Å². The van der Waals surface area contributed by atoms with Crippen LogP contribution in [0.15, 0.2) is 10.5 Å². The minimum atomic E-state index is 0.580. The largest absolute Gasteiger partial charge is 0.312 e. The van der Waals surface area contributed by atoms with Gasteiger partial charge in [-0.05, 0) is 66.6 Å². The zero-order chi connectivity index (χ0) is 12.0. The summed E-state index contributed by atoms with van der Waals surface area (Å²) in [5.41, 5.74) is 0. The first kappa shape index (κ1) is 12.2. The highest BCUT2D eigenvalue weighted by molar-refractivity contribution is 9.10. The second-order valence-electron chi connectivity index (χ2n) is 5.53. The first-order valence-corrected chi connectivity index (χ1v) is 8.26. The molecule has 3 atom stereocenters. The Balaban J connectivity index is 1.82. The van der Waals surface area contributed by atoms with E-state index in [0.29, 0.717) is 6.04 Å². The number of rotatable bonds is 3. The SMILES string of the molecule is CNC(c1sc(C)cc1Br)C1C2CCCCC21. The summed E-state index contributed by atoms with van der Waals surface area (Å²) in [7, 11) is 2.12. The summed E-state index contributed by atoms with van der Waals surface area (Å²) in [6, 6.07) is 2.84. The molecule has 0 bridgehead atoms. The van der Waals surface area contributed by atoms with Crippen molar-refractivity contribution in [2.24, 2.45) is 17.8 Å². The van der Waals surface area contributed by atoms with Gasteiger partial charge in [-0.2, -0.15) is 0 Å². The van der Waals surface area contributed by atoms with Gasteiger partial charge in [-0.3, -0.25) is 0 Å². The molecule has 0 aliphatic heterocycles. The summed E-state index contributed by atoms with van der Waals surface area (Å²) in [5, 5.41) is 3.57. The van der Waals surface area contributed by atoms with E-state index in [1.807, 2.05) is 11.3 Å². The third kappa shape index (κ3) is 2.11. The van der Waals surface area contributed by atoms with E-state index in [9.17, 15) is 0 Å². The Labute approximate surface area is 116 Å². The topological polar surface area (TPSA) is 12.0 Å². The Morgan fingerprint density at radius 1 is 1.35 bits per heavy atom. The number of thiophene rings is 1. The molecule has 2 saturated carbocycles. The summed E-state index contributed by atoms with van der Waals surface area (Å²) < 4.78 is 1.31. The number of hydrogen-bond donors (Lipinski definition) is 1. The van der Waals surface area contributed by atoms with E-state index in [4.69, 9.17) is 0 Å². The fourth-order valence-corrected chi connectivity index (χ4v) is 5.82. The van der Waals surface area contributed by atoms with Gasteiger partial charge < -0.3 is 5.32 Å². The lowest BCUT2D eigenvalue weighted by atomic mass is 10.0. The molecule has 2 aliphatic rings. The molecule has 3 rings (SSSR count). The van der Waals surface area contributed by atoms with Crippen molar-refractivity contribution in [2.75, 3.05) is 7.05 Å². The van der Waals surface area contributed by atoms with Crippen LogP contribution in [0.3, 0.4) is 0 Å². The Morgan fingerprint density at radius 3 is 2.47 bits per heavy atom. The predicted molar refractivity (Wildman–Crippen MR) is 77.5 cm³/mol. The Morgan fingerprint density at radius 2 is 2.00 bits per heavy atom. The van der Waals surface area contributed by atoms with Crippen LogP contribution < -0.4 is 5.32 Å². The summed E-state index contributed by atoms with van der Waals surface area (Å²) in [4.78, 5) is 2.93. The summed E-state index contributed by atoms with van der Waals surface area (Å²) in [6.07, 6.45) is 5.85. The van der Waals surface area contributed by atoms with Crippen LogP contribution in [0.2, 0.25) is 0 Å². The molecule has 3 unspecified atom stereocenters. The van der Waals surface area contributed by atoms with Crippen LogP contribution in [0.4, 0.5) is 0 Å². The Bertz CT molecular complexity index is 402. The molecule has 1 nitrogen and oxygen atoms in total. The fraction of sp³-hybridized carbons (Fsp3) is 0.714. The van der Waals surface area contributed by atoms with Gasteiger partial charge in [-0.25, -0.2) is 0 Å². The molecule has 1 heterocycles. The normalized spacial score (nSPS) is 33.2. The maximum absolute atomic E-state index is 3.72. The van der Waals surface area contributed by atoms with Crippen LogP contribution in [-0.4, -0.2) is 7.05 Å². The lowest BCUT2D eigenvalue weighted by molar-refractivity contribution is 0.480. The van der Waals surface area contributed by atoms with Gasteiger partial charge in [0.15, 0.2) is 0 Å². The van der Waals surface area contributed by atoms with Crippen molar-refractivity contribution >= 4 is 27.3 Å². The van der Waals surface area contributed by atoms with Crippen LogP contribution in [0.1, 0.15) is 41.5 Å². The molecule has 0 spiro atoms. The van der Waals surface area contributed by atoms with E-state index in [-0.39, 0.29) is 0 Å². The molecule has 0 saturated heterocycles. The zero-order valence-electron chi connectivity index (χ0n) is 10.5. The second kappa shape index (κ2) is 4.67. The highest BCUT2D eigenvalue weighted by Crippen LogP contribution is 2.61. The van der Waals surface area contributed by atoms with Gasteiger partial charge in [-0.1, -0.05) is 12.8 Å². The Kier molecular flexibility index (Phi) is 3.35. The molecule has 17 heavy (non-hydrogen) atoms. The number of fused-ring (bicyclic) bond motifs is 1. The minimum absolute atomic E-state index is 0.580. The van der Waals surface area contributed by atoms with Gasteiger partial charge in [0.05, 0.1) is 0 Å². The van der Waals surface area contributed by atoms with Crippen LogP contribution in [0.5, 0.6) is 0 Å². The average Bonchev–Trinajstić information content (AvgIpc) is 2.93. The van der Waals surface area contributed by atoms with Gasteiger partial charge in [-0.15, -0.1) is 11.3 Å². The molecule has 1 N–H and O–H groups in total. The van der Waals surface area contributed by atoms with Gasteiger partial charge >= 0.3 is 0 Å². The summed E-state index contributed by atoms with van der Waals surface area (Å²) >= 11 is 5.68. The van der Waals surface area contributed by atoms with Crippen molar-refractivity contribution in [2.45, 2.75) is 38.6 Å². The first-order valence-electron chi connectivity index (χ1n) is 6.65. The molecule has 0 aromatic carbocycles. The minimum Gasteiger partial charge on any atom is -0.312 e. The molecule has 0 radical (unpaired) electrons. The van der Waals surface area contributed by atoms with E-state index in [0.717, 1.165) is 17.8 Å². The summed E-state index contributed by atoms with van der Waals surface area (Å²) in [5.74, 6) is 2.92. The first-order chi connectivity index (χ1) is 8.22. The van der Waals surface area contributed by atoms with Crippen LogP contribution in [0.25, 0.3) is 0 Å². The maximum atomic E-state index is 3.72. The molecule has 3 heteroatoms. The molecule has 1 aromatic heterocycles. The molecular weight excluding hydrogens is 294 g/mol. The number of aryl methyl sites for hydroxylation is 1. The van der Waals surface area contributed by atoms with Crippen LogP contribution in [-0.2, 0) is 0 Å². The van der Waals surface area contributed by atoms with E-state index in [1.54, 1.807) is 0 Å². The number of halogens is 1. The van der Waals surface area contributed by atoms with Crippen LogP contribution in [0, 0.1) is 24.7 Å². The monoisotopic (exact) mass is 313 g/mol. The van der Waals surface area contributed by atoms with Crippen molar-refractivity contribution < 1.29 is 0 Å². The standard InChI is InChI=1S/C14H20BrNS/c1-8-7-11(15)14(17-8)13(16-2)12-9-5-3-4-6-10(9)12/h7,9-10,12-13,16H,3-6H2,1-2H3. The molecule has 94 valence electrons. The summed E-state index contributed by atoms with van der Waals surface area (Å²) in [6.45, 7) is 2.20. The van der Waals surface area contributed by atoms with Crippen LogP contribution >= 0.6 is 27.3 Å². The predicted octanol–water partition coefficient (Wildman–Crippen LogP) is 4.52. The van der Waals surface area contributed by atoms with Crippen molar-refractivity contribution in [3.63, 3.8) is 0 Å². The second-order valence-corrected chi connectivity index (χ2v) is 7.67. The molecule has 1 aromatic rings. The van der Waals surface area contributed by atoms with Gasteiger partial charge in [0.2, 0.25) is 0 Å². The number of hydrogen-bond acceptors (Lipinski definition) is 2. The fourth-order valence-electron chi connectivity index (χ4n) is 3.75. The van der Waals surface area contributed by atoms with Crippen molar-refractivity contribution in [3.8, 4) is 0 Å². The lowest BCUT2D eigenvalue weighted by Crippen LogP contribution is -2.19. The average molecular weight is 314 g/mol. The highest BCUT2D eigenvalue weighted by atomic mass is 79.9. The van der Waals surface area contributed by atoms with E-state index in [2.05, 4.69) is 41.3 Å². The van der Waals surface area contributed by atoms with Gasteiger partial charge in [0, 0.05) is 20.3 Å². The third-order valence-electron chi connectivity index (χ3n) is 4.54. The van der Waals surface area contributed by atoms with E-state index < -0.39 is 0 Å². The molecule has 0 amide bonds. The molecular formula is C14H20BrNS. The van der Waals surface area contributed by atoms with Crippen molar-refractivity contribution in [1.82, 2.24) is 5.32 Å². The smallest absolute Gasteiger partial charge is 0.0458 e.